The van der Waals surface area contributed by atoms with Crippen LogP contribution in [0.25, 0.3) is 0 Å². The van der Waals surface area contributed by atoms with Gasteiger partial charge in [0.05, 0.1) is 6.33 Å². The molecule has 2 nitrogen and oxygen atoms in total. The molecule has 0 radical (unpaired) electrons. The molecule has 1 N–H and O–H groups in total. The number of unbranched alkanes of at least 4 members (excludes halogenated alkanes) is 3. The Hall–Kier alpha value is -0.360. The molecule has 1 rings (SSSR count). The lowest BCUT2D eigenvalue weighted by atomic mass is 9.90. The number of hydrogen-bond donors (Lipinski definition) is 1. The van der Waals surface area contributed by atoms with Crippen LogP contribution in [0.3, 0.4) is 0 Å². The molecule has 1 unspecified atom stereocenters. The molecule has 3 heteroatoms. The van der Waals surface area contributed by atoms with E-state index in [4.69, 9.17) is 0 Å². The molecule has 1 heterocycles. The first kappa shape index (κ1) is 18.6. The van der Waals surface area contributed by atoms with Gasteiger partial charge in [-0.25, -0.2) is 4.98 Å². The van der Waals surface area contributed by atoms with Crippen LogP contribution in [0.1, 0.15) is 78.6 Å². The second-order valence-corrected chi connectivity index (χ2v) is 6.66. The minimum atomic E-state index is 0.571. The highest BCUT2D eigenvalue weighted by Crippen LogP contribution is 2.36. The topological polar surface area (TPSA) is 28.7 Å². The Morgan fingerprint density at radius 2 is 1.42 bits per heavy atom. The van der Waals surface area contributed by atoms with Crippen LogP contribution in [0.2, 0.25) is 0 Å². The summed E-state index contributed by atoms with van der Waals surface area (Å²) in [5.41, 5.74) is 0. The molecular weight excluding hydrogens is 251 g/mol. The third kappa shape index (κ3) is 11.2. The third-order valence-electron chi connectivity index (χ3n) is 3.49. The van der Waals surface area contributed by atoms with Crippen molar-refractivity contribution in [3.05, 3.63) is 18.7 Å². The Morgan fingerprint density at radius 3 is 1.63 bits per heavy atom. The van der Waals surface area contributed by atoms with Gasteiger partial charge in [-0.3, -0.25) is 0 Å². The summed E-state index contributed by atoms with van der Waals surface area (Å²) in [6.07, 6.45) is 17.5. The first-order valence-electron chi connectivity index (χ1n) is 7.90. The molecule has 0 saturated heterocycles. The monoisotopic (exact) mass is 284 g/mol. The van der Waals surface area contributed by atoms with Crippen molar-refractivity contribution in [1.82, 2.24) is 9.97 Å². The molecule has 1 aromatic heterocycles. The second kappa shape index (κ2) is 12.7. The van der Waals surface area contributed by atoms with Gasteiger partial charge in [0.25, 0.3) is 0 Å². The smallest absolute Gasteiger partial charge is 0.0919 e. The number of rotatable bonds is 9. The van der Waals surface area contributed by atoms with Gasteiger partial charge in [0.2, 0.25) is 0 Å². The summed E-state index contributed by atoms with van der Waals surface area (Å²) >= 11 is 0. The molecule has 0 amide bonds. The Morgan fingerprint density at radius 1 is 0.947 bits per heavy atom. The lowest BCUT2D eigenvalue weighted by Crippen LogP contribution is -2.20. The van der Waals surface area contributed by atoms with Crippen molar-refractivity contribution in [3.8, 4) is 0 Å². The lowest BCUT2D eigenvalue weighted by Gasteiger charge is -2.29. The molecule has 0 fully saturated rings. The Balaban J connectivity index is 0.000000532. The summed E-state index contributed by atoms with van der Waals surface area (Å²) in [5, 5.41) is 0.571. The zero-order chi connectivity index (χ0) is 14.4. The molecule has 0 aliphatic heterocycles. The van der Waals surface area contributed by atoms with Gasteiger partial charge in [0, 0.05) is 12.4 Å². The van der Waals surface area contributed by atoms with Gasteiger partial charge in [0.15, 0.2) is 0 Å². The fourth-order valence-corrected chi connectivity index (χ4v) is 2.79. The lowest BCUT2D eigenvalue weighted by molar-refractivity contribution is 0.424. The molecule has 0 saturated carbocycles. The summed E-state index contributed by atoms with van der Waals surface area (Å²) in [7, 11) is 3.17. The number of hydrogen-bond acceptors (Lipinski definition) is 1. The highest BCUT2D eigenvalue weighted by molar-refractivity contribution is 7.19. The van der Waals surface area contributed by atoms with Gasteiger partial charge < -0.3 is 4.98 Å². The summed E-state index contributed by atoms with van der Waals surface area (Å²) in [4.78, 5) is 6.42. The SMILES string of the molecule is CCCCC(P)(CCCC)CCCC.c1c[nH]cn1. The van der Waals surface area contributed by atoms with Crippen molar-refractivity contribution in [1.29, 1.82) is 0 Å². The van der Waals surface area contributed by atoms with Gasteiger partial charge in [-0.15, -0.1) is 9.24 Å². The molecule has 0 aliphatic rings. The molecule has 0 bridgehead atoms. The van der Waals surface area contributed by atoms with Crippen LogP contribution in [0.5, 0.6) is 0 Å². The molecule has 0 spiro atoms. The molecule has 1 aromatic rings. The summed E-state index contributed by atoms with van der Waals surface area (Å²) in [5.74, 6) is 0. The van der Waals surface area contributed by atoms with Crippen molar-refractivity contribution in [2.75, 3.05) is 0 Å². The molecule has 112 valence electrons. The first-order valence-corrected chi connectivity index (χ1v) is 8.48. The third-order valence-corrected chi connectivity index (χ3v) is 4.36. The van der Waals surface area contributed by atoms with Crippen LogP contribution >= 0.6 is 9.24 Å². The molecular formula is C16H33N2P. The van der Waals surface area contributed by atoms with E-state index >= 15 is 0 Å². The Bertz CT molecular complexity index is 221. The molecule has 0 aliphatic carbocycles. The highest BCUT2D eigenvalue weighted by atomic mass is 31.0. The van der Waals surface area contributed by atoms with E-state index in [1.165, 1.54) is 57.8 Å². The van der Waals surface area contributed by atoms with Crippen LogP contribution in [-0.2, 0) is 0 Å². The molecule has 0 aromatic carbocycles. The predicted octanol–water partition coefficient (Wildman–Crippen LogP) is 5.58. The van der Waals surface area contributed by atoms with Crippen molar-refractivity contribution in [2.24, 2.45) is 0 Å². The number of aromatic nitrogens is 2. The average molecular weight is 284 g/mol. The molecule has 1 atom stereocenters. The van der Waals surface area contributed by atoms with Crippen molar-refractivity contribution < 1.29 is 0 Å². The largest absolute Gasteiger partial charge is 0.351 e. The Labute approximate surface area is 122 Å². The van der Waals surface area contributed by atoms with E-state index < -0.39 is 0 Å². The predicted molar refractivity (Wildman–Crippen MR) is 89.6 cm³/mol. The van der Waals surface area contributed by atoms with Gasteiger partial charge in [0.1, 0.15) is 0 Å². The van der Waals surface area contributed by atoms with E-state index in [1.807, 2.05) is 0 Å². The standard InChI is InChI=1S/C13H29P.C3H4N2/c1-4-7-10-13(14,11-8-5-2)12-9-6-3;1-2-5-3-4-1/h4-12,14H2,1-3H3;1-3H,(H,4,5). The fourth-order valence-electron chi connectivity index (χ4n) is 2.18. The van der Waals surface area contributed by atoms with Crippen molar-refractivity contribution in [3.63, 3.8) is 0 Å². The van der Waals surface area contributed by atoms with E-state index in [-0.39, 0.29) is 0 Å². The first-order chi connectivity index (χ1) is 9.18. The van der Waals surface area contributed by atoms with E-state index in [1.54, 1.807) is 18.7 Å². The second-order valence-electron chi connectivity index (χ2n) is 5.43. The van der Waals surface area contributed by atoms with Crippen LogP contribution < -0.4 is 0 Å². The van der Waals surface area contributed by atoms with Crippen molar-refractivity contribution >= 4 is 9.24 Å². The summed E-state index contributed by atoms with van der Waals surface area (Å²) in [6, 6.07) is 0. The van der Waals surface area contributed by atoms with Crippen LogP contribution in [0.15, 0.2) is 18.7 Å². The average Bonchev–Trinajstić information content (AvgIpc) is 3.00. The minimum absolute atomic E-state index is 0.571. The number of nitrogens with one attached hydrogen (secondary N) is 1. The van der Waals surface area contributed by atoms with Crippen molar-refractivity contribution in [2.45, 2.75) is 83.7 Å². The number of aromatic amines is 1. The quantitative estimate of drug-likeness (QED) is 0.589. The zero-order valence-electron chi connectivity index (χ0n) is 13.1. The summed E-state index contributed by atoms with van der Waals surface area (Å²) < 4.78 is 0. The van der Waals surface area contributed by atoms with Gasteiger partial charge in [-0.05, 0) is 24.4 Å². The van der Waals surface area contributed by atoms with E-state index in [2.05, 4.69) is 40.0 Å². The highest BCUT2D eigenvalue weighted by Gasteiger charge is 2.22. The van der Waals surface area contributed by atoms with E-state index in [0.717, 1.165) is 0 Å². The number of nitrogens with zero attached hydrogens (tertiary/aromatic N) is 1. The normalized spacial score (nSPS) is 10.9. The van der Waals surface area contributed by atoms with Crippen LogP contribution in [0.4, 0.5) is 0 Å². The van der Waals surface area contributed by atoms with E-state index in [0.29, 0.717) is 5.16 Å². The van der Waals surface area contributed by atoms with E-state index in [9.17, 15) is 0 Å². The van der Waals surface area contributed by atoms with Gasteiger partial charge in [-0.2, -0.15) is 0 Å². The minimum Gasteiger partial charge on any atom is -0.351 e. The number of H-pyrrole nitrogens is 1. The zero-order valence-corrected chi connectivity index (χ0v) is 14.3. The van der Waals surface area contributed by atoms with Crippen LogP contribution in [-0.4, -0.2) is 15.1 Å². The maximum atomic E-state index is 3.67. The summed E-state index contributed by atoms with van der Waals surface area (Å²) in [6.45, 7) is 6.89. The maximum absolute atomic E-state index is 3.67. The van der Waals surface area contributed by atoms with Gasteiger partial charge >= 0.3 is 0 Å². The van der Waals surface area contributed by atoms with Crippen LogP contribution in [0, 0.1) is 0 Å². The Kier molecular flexibility index (Phi) is 12.4. The number of imidazole rings is 1. The maximum Gasteiger partial charge on any atom is 0.0919 e. The molecule has 19 heavy (non-hydrogen) atoms. The fraction of sp³-hybridized carbons (Fsp3) is 0.812. The van der Waals surface area contributed by atoms with Gasteiger partial charge in [-0.1, -0.05) is 59.3 Å².